The number of halogens is 5. The summed E-state index contributed by atoms with van der Waals surface area (Å²) in [6, 6.07) is 8.38. The van der Waals surface area contributed by atoms with E-state index in [0.717, 1.165) is 24.3 Å². The maximum atomic E-state index is 13.0. The lowest BCUT2D eigenvalue weighted by molar-refractivity contribution is -0.384. The predicted molar refractivity (Wildman–Crippen MR) is 82.0 cm³/mol. The van der Waals surface area contributed by atoms with Gasteiger partial charge in [0.15, 0.2) is 0 Å². The van der Waals surface area contributed by atoms with Crippen LogP contribution in [0.15, 0.2) is 36.4 Å². The standard InChI is InChI=1S/C15H7Cl2F3N2O2/c16-13-4-1-8(5-12(13)15(18,19)20)11(7-21)10-3-2-9(22(23)24)6-14(10)17/h1-6,11H. The fourth-order valence-electron chi connectivity index (χ4n) is 2.13. The molecule has 2 aromatic carbocycles. The van der Waals surface area contributed by atoms with E-state index in [0.29, 0.717) is 0 Å². The summed E-state index contributed by atoms with van der Waals surface area (Å²) in [5, 5.41) is 19.5. The zero-order valence-corrected chi connectivity index (χ0v) is 13.2. The lowest BCUT2D eigenvalue weighted by atomic mass is 9.91. The molecule has 0 saturated heterocycles. The van der Waals surface area contributed by atoms with Gasteiger partial charge >= 0.3 is 6.18 Å². The van der Waals surface area contributed by atoms with Gasteiger partial charge in [-0.05, 0) is 29.3 Å². The molecule has 1 unspecified atom stereocenters. The van der Waals surface area contributed by atoms with Gasteiger partial charge in [-0.25, -0.2) is 0 Å². The van der Waals surface area contributed by atoms with Crippen LogP contribution >= 0.6 is 23.2 Å². The van der Waals surface area contributed by atoms with Crippen molar-refractivity contribution >= 4 is 28.9 Å². The molecule has 0 aliphatic rings. The maximum absolute atomic E-state index is 13.0. The third-order valence-corrected chi connectivity index (χ3v) is 3.92. The van der Waals surface area contributed by atoms with E-state index in [4.69, 9.17) is 23.2 Å². The van der Waals surface area contributed by atoms with Crippen LogP contribution in [0.5, 0.6) is 0 Å². The highest BCUT2D eigenvalue weighted by Gasteiger charge is 2.34. The smallest absolute Gasteiger partial charge is 0.258 e. The third kappa shape index (κ3) is 3.61. The highest BCUT2D eigenvalue weighted by atomic mass is 35.5. The molecule has 2 rings (SSSR count). The second kappa shape index (κ2) is 6.67. The van der Waals surface area contributed by atoms with Crippen LogP contribution in [0, 0.1) is 21.4 Å². The number of non-ortho nitro benzene ring substituents is 1. The molecular formula is C15H7Cl2F3N2O2. The normalized spacial score (nSPS) is 12.5. The molecule has 0 spiro atoms. The number of nitro groups is 1. The molecule has 0 N–H and O–H groups in total. The Morgan fingerprint density at radius 1 is 1.12 bits per heavy atom. The Balaban J connectivity index is 2.54. The van der Waals surface area contributed by atoms with E-state index >= 15 is 0 Å². The minimum absolute atomic E-state index is 0.0324. The molecule has 0 fully saturated rings. The molecule has 0 amide bonds. The van der Waals surface area contributed by atoms with Gasteiger partial charge in [0.1, 0.15) is 0 Å². The average molecular weight is 375 g/mol. The van der Waals surface area contributed by atoms with E-state index in [9.17, 15) is 28.5 Å². The lowest BCUT2D eigenvalue weighted by Crippen LogP contribution is -2.08. The maximum Gasteiger partial charge on any atom is 0.417 e. The van der Waals surface area contributed by atoms with Crippen LogP contribution in [0.1, 0.15) is 22.6 Å². The first-order valence-corrected chi connectivity index (χ1v) is 7.11. The van der Waals surface area contributed by atoms with Crippen molar-refractivity contribution in [3.05, 3.63) is 73.2 Å². The van der Waals surface area contributed by atoms with Crippen molar-refractivity contribution in [2.75, 3.05) is 0 Å². The fraction of sp³-hybridized carbons (Fsp3) is 0.133. The van der Waals surface area contributed by atoms with Gasteiger partial charge in [0.2, 0.25) is 0 Å². The van der Waals surface area contributed by atoms with Crippen molar-refractivity contribution in [2.24, 2.45) is 0 Å². The molecule has 0 aromatic heterocycles. The Bertz CT molecular complexity index is 848. The van der Waals surface area contributed by atoms with Gasteiger partial charge in [-0.2, -0.15) is 18.4 Å². The summed E-state index contributed by atoms with van der Waals surface area (Å²) in [5.41, 5.74) is -1.15. The molecule has 0 heterocycles. The average Bonchev–Trinajstić information content (AvgIpc) is 2.49. The van der Waals surface area contributed by atoms with Gasteiger partial charge in [0.25, 0.3) is 5.69 Å². The largest absolute Gasteiger partial charge is 0.417 e. The number of alkyl halides is 3. The molecule has 2 aromatic rings. The molecule has 124 valence electrons. The second-order valence-electron chi connectivity index (χ2n) is 4.76. The molecule has 0 radical (unpaired) electrons. The van der Waals surface area contributed by atoms with Crippen molar-refractivity contribution in [3.63, 3.8) is 0 Å². The van der Waals surface area contributed by atoms with Crippen LogP contribution in [0.4, 0.5) is 18.9 Å². The minimum atomic E-state index is -4.67. The Morgan fingerprint density at radius 3 is 2.29 bits per heavy atom. The Kier molecular flexibility index (Phi) is 5.02. The minimum Gasteiger partial charge on any atom is -0.258 e. The van der Waals surface area contributed by atoms with Gasteiger partial charge in [-0.1, -0.05) is 29.3 Å². The topological polar surface area (TPSA) is 66.9 Å². The monoisotopic (exact) mass is 374 g/mol. The molecule has 0 aliphatic heterocycles. The second-order valence-corrected chi connectivity index (χ2v) is 5.58. The van der Waals surface area contributed by atoms with Gasteiger partial charge in [0, 0.05) is 12.1 Å². The van der Waals surface area contributed by atoms with Gasteiger partial charge in [-0.15, -0.1) is 0 Å². The van der Waals surface area contributed by atoms with Gasteiger partial charge < -0.3 is 0 Å². The van der Waals surface area contributed by atoms with E-state index in [2.05, 4.69) is 0 Å². The summed E-state index contributed by atoms with van der Waals surface area (Å²) in [6.45, 7) is 0. The van der Waals surface area contributed by atoms with Crippen molar-refractivity contribution in [3.8, 4) is 6.07 Å². The zero-order valence-electron chi connectivity index (χ0n) is 11.6. The van der Waals surface area contributed by atoms with Crippen LogP contribution in [-0.2, 0) is 6.18 Å². The Hall–Kier alpha value is -2.30. The third-order valence-electron chi connectivity index (χ3n) is 3.26. The number of hydrogen-bond acceptors (Lipinski definition) is 3. The van der Waals surface area contributed by atoms with E-state index in [1.54, 1.807) is 0 Å². The number of nitriles is 1. The number of rotatable bonds is 3. The molecule has 0 bridgehead atoms. The first-order valence-electron chi connectivity index (χ1n) is 6.35. The van der Waals surface area contributed by atoms with Gasteiger partial charge in [0.05, 0.1) is 32.5 Å². The number of benzene rings is 2. The van der Waals surface area contributed by atoms with E-state index < -0.39 is 27.6 Å². The SMILES string of the molecule is N#CC(c1ccc(Cl)c(C(F)(F)F)c1)c1ccc([N+](=O)[O-])cc1Cl. The molecule has 0 saturated carbocycles. The lowest BCUT2D eigenvalue weighted by Gasteiger charge is -2.15. The summed E-state index contributed by atoms with van der Waals surface area (Å²) in [4.78, 5) is 10.0. The molecule has 4 nitrogen and oxygen atoms in total. The van der Waals surface area contributed by atoms with Gasteiger partial charge in [-0.3, -0.25) is 10.1 Å². The van der Waals surface area contributed by atoms with E-state index in [-0.39, 0.29) is 21.8 Å². The van der Waals surface area contributed by atoms with E-state index in [1.807, 2.05) is 6.07 Å². The quantitative estimate of drug-likeness (QED) is 0.520. The molecule has 0 aliphatic carbocycles. The molecular weight excluding hydrogens is 368 g/mol. The highest BCUT2D eigenvalue weighted by Crippen LogP contribution is 2.38. The molecule has 24 heavy (non-hydrogen) atoms. The van der Waals surface area contributed by atoms with Crippen molar-refractivity contribution in [2.45, 2.75) is 12.1 Å². The first-order chi connectivity index (χ1) is 11.1. The van der Waals surface area contributed by atoms with Crippen LogP contribution in [0.3, 0.4) is 0 Å². The number of nitro benzene ring substituents is 1. The highest BCUT2D eigenvalue weighted by molar-refractivity contribution is 6.32. The predicted octanol–water partition coefficient (Wildman–Crippen LogP) is 5.58. The molecule has 1 atom stereocenters. The first kappa shape index (κ1) is 18.0. The Morgan fingerprint density at radius 2 is 1.79 bits per heavy atom. The number of hydrogen-bond donors (Lipinski definition) is 0. The summed E-state index contributed by atoms with van der Waals surface area (Å²) >= 11 is 11.5. The van der Waals surface area contributed by atoms with Crippen LogP contribution in [-0.4, -0.2) is 4.92 Å². The van der Waals surface area contributed by atoms with Crippen LogP contribution in [0.2, 0.25) is 10.0 Å². The van der Waals surface area contributed by atoms with Crippen LogP contribution in [0.25, 0.3) is 0 Å². The van der Waals surface area contributed by atoms with Crippen LogP contribution < -0.4 is 0 Å². The fourth-order valence-corrected chi connectivity index (χ4v) is 2.64. The van der Waals surface area contributed by atoms with Crippen molar-refractivity contribution < 1.29 is 18.1 Å². The van der Waals surface area contributed by atoms with Crippen molar-refractivity contribution in [1.82, 2.24) is 0 Å². The Labute approximate surface area is 144 Å². The zero-order chi connectivity index (χ0) is 18.1. The van der Waals surface area contributed by atoms with Crippen molar-refractivity contribution in [1.29, 1.82) is 5.26 Å². The number of nitrogens with zero attached hydrogens (tertiary/aromatic N) is 2. The summed E-state index contributed by atoms with van der Waals surface area (Å²) in [5.74, 6) is -1.13. The molecule has 9 heteroatoms. The summed E-state index contributed by atoms with van der Waals surface area (Å²) in [6.07, 6.45) is -4.67. The summed E-state index contributed by atoms with van der Waals surface area (Å²) in [7, 11) is 0. The summed E-state index contributed by atoms with van der Waals surface area (Å²) < 4.78 is 38.9. The van der Waals surface area contributed by atoms with E-state index in [1.165, 1.54) is 12.1 Å².